The standard InChI is InChI=1S/C29H26Cl2N4O4S/c1-18-23(30)5-3-7-26(18)38-11-12-39-29(37)35-10-13-40-27-22(4-2-6-25(27)35)21-15-33-34(17-21)16-20-14-19(28(32)36)8-9-24(20)31/h2-9,14-15,17H,10-13,16H2,1H3,(H2,32,36). The number of ether oxygens (including phenoxy) is 2. The van der Waals surface area contributed by atoms with Gasteiger partial charge in [0.2, 0.25) is 5.91 Å². The number of aromatic nitrogens is 2. The molecule has 8 nitrogen and oxygen atoms in total. The summed E-state index contributed by atoms with van der Waals surface area (Å²) in [7, 11) is 0. The van der Waals surface area contributed by atoms with Crippen molar-refractivity contribution in [2.24, 2.45) is 5.73 Å². The first-order valence-electron chi connectivity index (χ1n) is 12.5. The fourth-order valence-electron chi connectivity index (χ4n) is 4.38. The number of rotatable bonds is 8. The normalized spacial score (nSPS) is 12.6. The predicted molar refractivity (Wildman–Crippen MR) is 158 cm³/mol. The predicted octanol–water partition coefficient (Wildman–Crippen LogP) is 6.44. The van der Waals surface area contributed by atoms with Crippen LogP contribution in [0.1, 0.15) is 21.5 Å². The first-order chi connectivity index (χ1) is 19.3. The van der Waals surface area contributed by atoms with Gasteiger partial charge in [-0.25, -0.2) is 4.79 Å². The lowest BCUT2D eigenvalue weighted by Crippen LogP contribution is -2.36. The molecule has 2 N–H and O–H groups in total. The number of hydrogen-bond acceptors (Lipinski definition) is 6. The van der Waals surface area contributed by atoms with Gasteiger partial charge < -0.3 is 15.2 Å². The minimum atomic E-state index is -0.515. The molecule has 1 aliphatic heterocycles. The number of benzene rings is 3. The van der Waals surface area contributed by atoms with Crippen molar-refractivity contribution in [1.82, 2.24) is 9.78 Å². The molecule has 2 amide bonds. The highest BCUT2D eigenvalue weighted by atomic mass is 35.5. The number of carbonyl (C=O) groups is 2. The first kappa shape index (κ1) is 27.9. The molecule has 3 aromatic carbocycles. The van der Waals surface area contributed by atoms with Gasteiger partial charge >= 0.3 is 6.09 Å². The molecule has 0 atom stereocenters. The highest BCUT2D eigenvalue weighted by molar-refractivity contribution is 7.99. The fraction of sp³-hybridized carbons (Fsp3) is 0.207. The summed E-state index contributed by atoms with van der Waals surface area (Å²) in [5, 5.41) is 5.65. The quantitative estimate of drug-likeness (QED) is 0.235. The summed E-state index contributed by atoms with van der Waals surface area (Å²) in [5.74, 6) is 0.871. The molecule has 0 unspecified atom stereocenters. The van der Waals surface area contributed by atoms with E-state index in [0.29, 0.717) is 34.4 Å². The van der Waals surface area contributed by atoms with Gasteiger partial charge in [0.25, 0.3) is 0 Å². The van der Waals surface area contributed by atoms with Crippen LogP contribution in [0.2, 0.25) is 10.0 Å². The summed E-state index contributed by atoms with van der Waals surface area (Å²) < 4.78 is 13.0. The molecule has 4 aromatic rings. The zero-order valence-corrected chi connectivity index (χ0v) is 23.9. The third kappa shape index (κ3) is 6.06. The molecule has 0 radical (unpaired) electrons. The summed E-state index contributed by atoms with van der Waals surface area (Å²) in [6.45, 7) is 3.10. The topological polar surface area (TPSA) is 99.7 Å². The number of hydrogen-bond donors (Lipinski definition) is 1. The molecule has 0 fully saturated rings. The van der Waals surface area contributed by atoms with Gasteiger partial charge in [0.15, 0.2) is 0 Å². The summed E-state index contributed by atoms with van der Waals surface area (Å²) >= 11 is 14.2. The van der Waals surface area contributed by atoms with Crippen molar-refractivity contribution >= 4 is 52.7 Å². The van der Waals surface area contributed by atoms with E-state index in [0.717, 1.165) is 38.6 Å². The van der Waals surface area contributed by atoms with E-state index in [-0.39, 0.29) is 13.2 Å². The molecule has 0 saturated carbocycles. The molecule has 5 rings (SSSR count). The largest absolute Gasteiger partial charge is 0.490 e. The highest BCUT2D eigenvalue weighted by Gasteiger charge is 2.26. The fourth-order valence-corrected chi connectivity index (χ4v) is 5.87. The average Bonchev–Trinajstić information content (AvgIpc) is 3.41. The maximum Gasteiger partial charge on any atom is 0.414 e. The zero-order chi connectivity index (χ0) is 28.2. The van der Waals surface area contributed by atoms with E-state index in [9.17, 15) is 9.59 Å². The van der Waals surface area contributed by atoms with E-state index < -0.39 is 12.0 Å². The molecule has 206 valence electrons. The van der Waals surface area contributed by atoms with Crippen LogP contribution in [0.5, 0.6) is 5.75 Å². The van der Waals surface area contributed by atoms with Gasteiger partial charge in [0.05, 0.1) is 18.4 Å². The second-order valence-corrected chi connectivity index (χ2v) is 11.0. The van der Waals surface area contributed by atoms with Crippen LogP contribution in [0.15, 0.2) is 71.9 Å². The van der Waals surface area contributed by atoms with Crippen molar-refractivity contribution in [3.63, 3.8) is 0 Å². The molecule has 11 heteroatoms. The van der Waals surface area contributed by atoms with Crippen molar-refractivity contribution in [1.29, 1.82) is 0 Å². The summed E-state index contributed by atoms with van der Waals surface area (Å²) in [6.07, 6.45) is 3.26. The van der Waals surface area contributed by atoms with Crippen LogP contribution in [-0.2, 0) is 11.3 Å². The maximum atomic E-state index is 13.0. The minimum Gasteiger partial charge on any atom is -0.490 e. The van der Waals surface area contributed by atoms with Gasteiger partial charge in [-0.2, -0.15) is 5.10 Å². The van der Waals surface area contributed by atoms with Crippen molar-refractivity contribution in [2.75, 3.05) is 30.4 Å². The first-order valence-corrected chi connectivity index (χ1v) is 14.2. The van der Waals surface area contributed by atoms with Crippen LogP contribution >= 0.6 is 35.0 Å². The van der Waals surface area contributed by atoms with Crippen LogP contribution in [0.25, 0.3) is 11.1 Å². The van der Waals surface area contributed by atoms with E-state index in [1.807, 2.05) is 43.5 Å². The number of primary amides is 1. The molecule has 2 heterocycles. The molecule has 1 aliphatic rings. The lowest BCUT2D eigenvalue weighted by molar-refractivity contribution is 0.1000. The van der Waals surface area contributed by atoms with Crippen LogP contribution < -0.4 is 15.4 Å². The molecule has 0 spiro atoms. The summed E-state index contributed by atoms with van der Waals surface area (Å²) in [6, 6.07) is 16.2. The zero-order valence-electron chi connectivity index (χ0n) is 21.6. The van der Waals surface area contributed by atoms with Gasteiger partial charge in [0, 0.05) is 55.7 Å². The Hall–Kier alpha value is -3.66. The Morgan fingerprint density at radius 2 is 1.90 bits per heavy atom. The third-order valence-corrected chi connectivity index (χ3v) is 8.34. The average molecular weight is 598 g/mol. The molecule has 0 aliphatic carbocycles. The van der Waals surface area contributed by atoms with Gasteiger partial charge in [0.1, 0.15) is 19.0 Å². The Labute approximate surface area is 246 Å². The molecular weight excluding hydrogens is 571 g/mol. The monoisotopic (exact) mass is 596 g/mol. The summed E-state index contributed by atoms with van der Waals surface area (Å²) in [4.78, 5) is 27.2. The molecule has 0 bridgehead atoms. The molecule has 40 heavy (non-hydrogen) atoms. The van der Waals surface area contributed by atoms with E-state index in [1.165, 1.54) is 0 Å². The minimum absolute atomic E-state index is 0.107. The molecule has 1 aromatic heterocycles. The van der Waals surface area contributed by atoms with E-state index in [4.69, 9.17) is 38.4 Å². The Morgan fingerprint density at radius 3 is 2.73 bits per heavy atom. The Kier molecular flexibility index (Phi) is 8.54. The number of carbonyl (C=O) groups excluding carboxylic acids is 2. The van der Waals surface area contributed by atoms with E-state index in [2.05, 4.69) is 5.10 Å². The lowest BCUT2D eigenvalue weighted by atomic mass is 10.1. The highest BCUT2D eigenvalue weighted by Crippen LogP contribution is 2.42. The molecular formula is C29H26Cl2N4O4S. The molecule has 0 saturated heterocycles. The second kappa shape index (κ2) is 12.2. The number of halogens is 2. The van der Waals surface area contributed by atoms with Crippen molar-refractivity contribution < 1.29 is 19.1 Å². The summed E-state index contributed by atoms with van der Waals surface area (Å²) in [5.41, 5.74) is 10.0. The Morgan fingerprint density at radius 1 is 1.07 bits per heavy atom. The number of nitrogens with zero attached hydrogens (tertiary/aromatic N) is 3. The Balaban J connectivity index is 1.27. The van der Waals surface area contributed by atoms with Crippen molar-refractivity contribution in [3.05, 3.63) is 93.7 Å². The van der Waals surface area contributed by atoms with Crippen molar-refractivity contribution in [2.45, 2.75) is 18.4 Å². The van der Waals surface area contributed by atoms with Crippen LogP contribution in [0.3, 0.4) is 0 Å². The van der Waals surface area contributed by atoms with Gasteiger partial charge in [-0.05, 0) is 48.9 Å². The van der Waals surface area contributed by atoms with Gasteiger partial charge in [-0.3, -0.25) is 14.4 Å². The van der Waals surface area contributed by atoms with E-state index >= 15 is 0 Å². The van der Waals surface area contributed by atoms with Crippen LogP contribution in [0, 0.1) is 6.92 Å². The SMILES string of the molecule is Cc1c(Cl)cccc1OCCOC(=O)N1CCSc2c(-c3cnn(Cc4cc(C(N)=O)ccc4Cl)c3)cccc21. The number of nitrogens with two attached hydrogens (primary N) is 1. The lowest BCUT2D eigenvalue weighted by Gasteiger charge is -2.29. The van der Waals surface area contributed by atoms with E-state index in [1.54, 1.807) is 51.8 Å². The van der Waals surface area contributed by atoms with Gasteiger partial charge in [-0.1, -0.05) is 41.4 Å². The third-order valence-electron chi connectivity index (χ3n) is 6.46. The number of anilines is 1. The smallest absolute Gasteiger partial charge is 0.414 e. The van der Waals surface area contributed by atoms with Crippen LogP contribution in [0.4, 0.5) is 10.5 Å². The van der Waals surface area contributed by atoms with Gasteiger partial charge in [-0.15, -0.1) is 11.8 Å². The van der Waals surface area contributed by atoms with Crippen molar-refractivity contribution in [3.8, 4) is 16.9 Å². The maximum absolute atomic E-state index is 13.0. The number of thioether (sulfide) groups is 1. The van der Waals surface area contributed by atoms with Crippen LogP contribution in [-0.4, -0.2) is 47.3 Å². The second-order valence-electron chi connectivity index (χ2n) is 9.08. The number of fused-ring (bicyclic) bond motifs is 1. The number of amides is 2. The Bertz CT molecular complexity index is 1580.